The Bertz CT molecular complexity index is 1190. The van der Waals surface area contributed by atoms with E-state index in [1.165, 1.54) is 16.2 Å². The van der Waals surface area contributed by atoms with E-state index in [1.807, 2.05) is 17.8 Å². The van der Waals surface area contributed by atoms with E-state index in [0.717, 1.165) is 48.6 Å². The maximum Gasteiger partial charge on any atom is 0.178 e. The van der Waals surface area contributed by atoms with Crippen LogP contribution in [-0.4, -0.2) is 43.5 Å². The van der Waals surface area contributed by atoms with Crippen LogP contribution in [0.4, 0.5) is 0 Å². The van der Waals surface area contributed by atoms with Gasteiger partial charge in [-0.3, -0.25) is 0 Å². The molecule has 1 aromatic carbocycles. The highest BCUT2D eigenvalue weighted by Crippen LogP contribution is 2.40. The second-order valence-electron chi connectivity index (χ2n) is 7.86. The van der Waals surface area contributed by atoms with Crippen molar-refractivity contribution in [3.8, 4) is 17.0 Å². The predicted octanol–water partition coefficient (Wildman–Crippen LogP) is 5.54. The van der Waals surface area contributed by atoms with Gasteiger partial charge in [0.2, 0.25) is 0 Å². The zero-order valence-electron chi connectivity index (χ0n) is 18.8. The number of aromatic amines is 1. The van der Waals surface area contributed by atoms with Gasteiger partial charge in [0, 0.05) is 39.9 Å². The summed E-state index contributed by atoms with van der Waals surface area (Å²) in [5.41, 5.74) is 5.60. The highest BCUT2D eigenvalue weighted by Gasteiger charge is 2.23. The summed E-state index contributed by atoms with van der Waals surface area (Å²) < 4.78 is 30.3. The molecule has 2 heterocycles. The SMILES string of the molecule is CCN(Cc1ccc(-c2cc(S(=O)(=O)CC)ccc2OC)[nH]1)C1=C2CC=CC=C2SCC1. The fraction of sp³-hybridized carbons (Fsp3) is 0.360. The number of H-pyrrole nitrogens is 1. The first-order valence-electron chi connectivity index (χ1n) is 11.0. The van der Waals surface area contributed by atoms with Crippen LogP contribution in [0, 0.1) is 0 Å². The van der Waals surface area contributed by atoms with Gasteiger partial charge >= 0.3 is 0 Å². The van der Waals surface area contributed by atoms with E-state index < -0.39 is 9.84 Å². The molecule has 0 saturated heterocycles. The number of hydrogen-bond donors (Lipinski definition) is 1. The van der Waals surface area contributed by atoms with Gasteiger partial charge in [0.05, 0.1) is 24.3 Å². The summed E-state index contributed by atoms with van der Waals surface area (Å²) in [5, 5.41) is 0. The van der Waals surface area contributed by atoms with E-state index in [2.05, 4.69) is 41.1 Å². The van der Waals surface area contributed by atoms with Crippen LogP contribution in [0.25, 0.3) is 11.3 Å². The lowest BCUT2D eigenvalue weighted by Gasteiger charge is -2.33. The van der Waals surface area contributed by atoms with E-state index in [1.54, 1.807) is 32.2 Å². The maximum atomic E-state index is 12.4. The van der Waals surface area contributed by atoms with Crippen LogP contribution in [0.5, 0.6) is 5.75 Å². The molecule has 5 nitrogen and oxygen atoms in total. The summed E-state index contributed by atoms with van der Waals surface area (Å²) in [4.78, 5) is 7.67. The van der Waals surface area contributed by atoms with Crippen molar-refractivity contribution in [2.24, 2.45) is 0 Å². The highest BCUT2D eigenvalue weighted by atomic mass is 32.2. The lowest BCUT2D eigenvalue weighted by Crippen LogP contribution is -2.26. The van der Waals surface area contributed by atoms with Crippen molar-refractivity contribution in [1.82, 2.24) is 9.88 Å². The number of ether oxygens (including phenoxy) is 1. The first-order chi connectivity index (χ1) is 15.5. The monoisotopic (exact) mass is 470 g/mol. The number of aromatic nitrogens is 1. The van der Waals surface area contributed by atoms with Crippen LogP contribution in [-0.2, 0) is 16.4 Å². The predicted molar refractivity (Wildman–Crippen MR) is 133 cm³/mol. The Morgan fingerprint density at radius 3 is 2.78 bits per heavy atom. The quantitative estimate of drug-likeness (QED) is 0.549. The van der Waals surface area contributed by atoms with Crippen LogP contribution < -0.4 is 4.74 Å². The lowest BCUT2D eigenvalue weighted by atomic mass is 10.0. The van der Waals surface area contributed by atoms with Gasteiger partial charge in [-0.2, -0.15) is 0 Å². The third-order valence-electron chi connectivity index (χ3n) is 6.02. The number of benzene rings is 1. The number of rotatable bonds is 8. The van der Waals surface area contributed by atoms with Crippen molar-refractivity contribution in [2.45, 2.75) is 38.1 Å². The van der Waals surface area contributed by atoms with Crippen molar-refractivity contribution >= 4 is 21.6 Å². The van der Waals surface area contributed by atoms with Crippen molar-refractivity contribution < 1.29 is 13.2 Å². The average molecular weight is 471 g/mol. The van der Waals surface area contributed by atoms with E-state index >= 15 is 0 Å². The third kappa shape index (κ3) is 4.55. The number of sulfone groups is 1. The van der Waals surface area contributed by atoms with E-state index in [4.69, 9.17) is 4.74 Å². The summed E-state index contributed by atoms with van der Waals surface area (Å²) in [6.45, 7) is 5.57. The Kier molecular flexibility index (Phi) is 6.86. The van der Waals surface area contributed by atoms with Gasteiger partial charge in [0.25, 0.3) is 0 Å². The van der Waals surface area contributed by atoms with Gasteiger partial charge in [-0.15, -0.1) is 11.8 Å². The van der Waals surface area contributed by atoms with Crippen molar-refractivity contribution in [1.29, 1.82) is 0 Å². The third-order valence-corrected chi connectivity index (χ3v) is 8.85. The van der Waals surface area contributed by atoms with Gasteiger partial charge in [-0.1, -0.05) is 19.1 Å². The molecule has 0 unspecified atom stereocenters. The maximum absolute atomic E-state index is 12.4. The van der Waals surface area contributed by atoms with E-state index in [-0.39, 0.29) is 5.75 Å². The number of fused-ring (bicyclic) bond motifs is 1. The molecule has 0 bridgehead atoms. The first kappa shape index (κ1) is 22.8. The van der Waals surface area contributed by atoms with Crippen LogP contribution >= 0.6 is 11.8 Å². The molecule has 0 fully saturated rings. The Hall–Kier alpha value is -2.38. The van der Waals surface area contributed by atoms with Crippen molar-refractivity contribution in [3.05, 3.63) is 70.4 Å². The van der Waals surface area contributed by atoms with E-state index in [0.29, 0.717) is 10.6 Å². The second-order valence-corrected chi connectivity index (χ2v) is 11.3. The topological polar surface area (TPSA) is 62.4 Å². The summed E-state index contributed by atoms with van der Waals surface area (Å²) >= 11 is 1.95. The molecule has 0 saturated carbocycles. The molecule has 1 aliphatic heterocycles. The van der Waals surface area contributed by atoms with Crippen LogP contribution in [0.1, 0.15) is 32.4 Å². The number of hydrogen-bond acceptors (Lipinski definition) is 5. The molecule has 32 heavy (non-hydrogen) atoms. The minimum Gasteiger partial charge on any atom is -0.496 e. The van der Waals surface area contributed by atoms with Gasteiger partial charge in [-0.05, 0) is 61.7 Å². The van der Waals surface area contributed by atoms with Crippen LogP contribution in [0.2, 0.25) is 0 Å². The van der Waals surface area contributed by atoms with Crippen LogP contribution in [0.3, 0.4) is 0 Å². The molecule has 170 valence electrons. The minimum atomic E-state index is -3.29. The lowest BCUT2D eigenvalue weighted by molar-refractivity contribution is 0.338. The van der Waals surface area contributed by atoms with Gasteiger partial charge in [-0.25, -0.2) is 8.42 Å². The molecule has 0 radical (unpaired) electrons. The average Bonchev–Trinajstić information content (AvgIpc) is 3.30. The molecule has 0 atom stereocenters. The molecular formula is C25H30N2O3S2. The van der Waals surface area contributed by atoms with E-state index in [9.17, 15) is 8.42 Å². The van der Waals surface area contributed by atoms with Gasteiger partial charge in [0.15, 0.2) is 9.84 Å². The zero-order chi connectivity index (χ0) is 22.7. The molecule has 1 N–H and O–H groups in total. The smallest absolute Gasteiger partial charge is 0.178 e. The molecule has 7 heteroatoms. The molecule has 0 spiro atoms. The van der Waals surface area contributed by atoms with Gasteiger partial charge in [0.1, 0.15) is 5.75 Å². The Morgan fingerprint density at radius 2 is 2.03 bits per heavy atom. The Balaban J connectivity index is 1.63. The molecule has 1 aromatic heterocycles. The van der Waals surface area contributed by atoms with Crippen molar-refractivity contribution in [3.63, 3.8) is 0 Å². The molecule has 1 aliphatic carbocycles. The number of allylic oxidation sites excluding steroid dienone is 5. The fourth-order valence-corrected chi connectivity index (χ4v) is 6.22. The van der Waals surface area contributed by atoms with Gasteiger partial charge < -0.3 is 14.6 Å². The number of methoxy groups -OCH3 is 1. The Morgan fingerprint density at radius 1 is 1.19 bits per heavy atom. The first-order valence-corrected chi connectivity index (χ1v) is 13.7. The van der Waals surface area contributed by atoms with Crippen molar-refractivity contribution in [2.75, 3.05) is 25.2 Å². The van der Waals surface area contributed by atoms with Crippen LogP contribution in [0.15, 0.2) is 69.6 Å². The summed E-state index contributed by atoms with van der Waals surface area (Å²) in [7, 11) is -1.69. The highest BCUT2D eigenvalue weighted by molar-refractivity contribution is 8.03. The molecule has 2 aliphatic rings. The fourth-order valence-electron chi connectivity index (χ4n) is 4.25. The largest absolute Gasteiger partial charge is 0.496 e. The summed E-state index contributed by atoms with van der Waals surface area (Å²) in [5.74, 6) is 1.83. The summed E-state index contributed by atoms with van der Waals surface area (Å²) in [6.07, 6.45) is 8.69. The Labute approximate surface area is 195 Å². The molecule has 0 amide bonds. The standard InChI is InChI=1S/C25H30N2O3S2/c1-4-27(23-14-15-31-25-9-7-6-8-20(23)25)17-18-10-12-22(26-18)21-16-19(32(28,29)5-2)11-13-24(21)30-3/h6-7,9-13,16,26H,4-5,8,14-15,17H2,1-3H3. The minimum absolute atomic E-state index is 0.0710. The summed E-state index contributed by atoms with van der Waals surface area (Å²) in [6, 6.07) is 9.14. The zero-order valence-corrected chi connectivity index (χ0v) is 20.5. The molecular weight excluding hydrogens is 440 g/mol. The number of thioether (sulfide) groups is 1. The number of nitrogens with zero attached hydrogens (tertiary/aromatic N) is 1. The second kappa shape index (κ2) is 9.63. The molecule has 4 rings (SSSR count). The molecule has 2 aromatic rings. The number of nitrogens with one attached hydrogen (secondary N) is 1. The normalized spacial score (nSPS) is 16.0.